The van der Waals surface area contributed by atoms with Crippen LogP contribution in [0.15, 0.2) is 48.7 Å². The summed E-state index contributed by atoms with van der Waals surface area (Å²) in [5.41, 5.74) is 2.27. The van der Waals surface area contributed by atoms with Crippen molar-refractivity contribution in [3.05, 3.63) is 76.3 Å². The van der Waals surface area contributed by atoms with Gasteiger partial charge in [-0.05, 0) is 42.2 Å². The Morgan fingerprint density at radius 2 is 2.03 bits per heavy atom. The number of nitrogens with one attached hydrogen (secondary N) is 1. The largest absolute Gasteiger partial charge is 0.469 e. The van der Waals surface area contributed by atoms with Crippen molar-refractivity contribution in [1.29, 1.82) is 0 Å². The van der Waals surface area contributed by atoms with E-state index in [2.05, 4.69) is 16.9 Å². The molecule has 34 heavy (non-hydrogen) atoms. The number of aliphatic hydroxyl groups excluding tert-OH is 1. The number of methoxy groups -OCH3 is 1. The zero-order valence-electron chi connectivity index (χ0n) is 19.3. The van der Waals surface area contributed by atoms with E-state index in [4.69, 9.17) is 25.8 Å². The van der Waals surface area contributed by atoms with Gasteiger partial charge in [-0.25, -0.2) is 4.98 Å². The second-order valence-corrected chi connectivity index (χ2v) is 8.81. The van der Waals surface area contributed by atoms with Crippen molar-refractivity contribution >= 4 is 17.6 Å². The second kappa shape index (κ2) is 10.9. The minimum Gasteiger partial charge on any atom is -0.469 e. The quantitative estimate of drug-likeness (QED) is 0.385. The Morgan fingerprint density at radius 1 is 1.24 bits per heavy atom. The van der Waals surface area contributed by atoms with Gasteiger partial charge in [0.25, 0.3) is 0 Å². The van der Waals surface area contributed by atoms with Crippen molar-refractivity contribution in [3.8, 4) is 11.5 Å². The van der Waals surface area contributed by atoms with Crippen molar-refractivity contribution in [2.75, 3.05) is 13.9 Å². The standard InChI is InChI=1S/C26H29ClN2O5/c1-3-4-7-18(17-8-5-6-9-20(17)27)25-28-14-21(29-25)24(30)19(26(31)32-2)12-16-10-11-22-23(13-16)34-15-33-22/h5-6,8-11,13-14,18-19,24,30H,3-4,7,12,15H2,1-2H3,(H,28,29). The van der Waals surface area contributed by atoms with Gasteiger partial charge in [-0.15, -0.1) is 0 Å². The first-order chi connectivity index (χ1) is 16.5. The molecular formula is C26H29ClN2O5. The van der Waals surface area contributed by atoms with E-state index in [-0.39, 0.29) is 19.1 Å². The lowest BCUT2D eigenvalue weighted by Crippen LogP contribution is -2.26. The second-order valence-electron chi connectivity index (χ2n) is 8.41. The first-order valence-electron chi connectivity index (χ1n) is 11.5. The van der Waals surface area contributed by atoms with Crippen LogP contribution in [-0.4, -0.2) is 34.9 Å². The maximum atomic E-state index is 12.6. The number of hydrogen-bond acceptors (Lipinski definition) is 6. The summed E-state index contributed by atoms with van der Waals surface area (Å²) >= 11 is 6.49. The molecule has 3 atom stereocenters. The summed E-state index contributed by atoms with van der Waals surface area (Å²) < 4.78 is 15.8. The smallest absolute Gasteiger partial charge is 0.312 e. The Morgan fingerprint density at radius 3 is 2.79 bits per heavy atom. The van der Waals surface area contributed by atoms with Crippen LogP contribution >= 0.6 is 11.6 Å². The molecule has 2 aromatic carbocycles. The zero-order valence-corrected chi connectivity index (χ0v) is 20.0. The number of halogens is 1. The van der Waals surface area contributed by atoms with Crippen LogP contribution in [0.4, 0.5) is 0 Å². The first-order valence-corrected chi connectivity index (χ1v) is 11.8. The number of aliphatic hydroxyl groups is 1. The number of carbonyl (C=O) groups excluding carboxylic acids is 1. The summed E-state index contributed by atoms with van der Waals surface area (Å²) in [6.45, 7) is 2.31. The van der Waals surface area contributed by atoms with Crippen molar-refractivity contribution < 1.29 is 24.1 Å². The molecule has 0 saturated carbocycles. The highest BCUT2D eigenvalue weighted by molar-refractivity contribution is 6.31. The number of nitrogens with zero attached hydrogens (tertiary/aromatic N) is 1. The molecule has 0 radical (unpaired) electrons. The molecule has 3 aromatic rings. The number of benzene rings is 2. The van der Waals surface area contributed by atoms with Gasteiger partial charge < -0.3 is 24.3 Å². The predicted molar refractivity (Wildman–Crippen MR) is 128 cm³/mol. The lowest BCUT2D eigenvalue weighted by Gasteiger charge is -2.20. The lowest BCUT2D eigenvalue weighted by molar-refractivity contribution is -0.149. The average Bonchev–Trinajstić information content (AvgIpc) is 3.52. The molecule has 3 unspecified atom stereocenters. The molecule has 0 aliphatic carbocycles. The van der Waals surface area contributed by atoms with Crippen LogP contribution in [0.5, 0.6) is 11.5 Å². The number of aromatic amines is 1. The average molecular weight is 485 g/mol. The van der Waals surface area contributed by atoms with Crippen LogP contribution < -0.4 is 9.47 Å². The summed E-state index contributed by atoms with van der Waals surface area (Å²) in [6.07, 6.45) is 3.63. The van der Waals surface area contributed by atoms with Crippen LogP contribution in [0.1, 0.15) is 60.9 Å². The molecule has 0 fully saturated rings. The SMILES string of the molecule is CCCCC(c1ncc(C(O)C(Cc2ccc3c(c2)OCO3)C(=O)OC)[nH]1)c1ccccc1Cl. The van der Waals surface area contributed by atoms with E-state index in [1.807, 2.05) is 36.4 Å². The fourth-order valence-electron chi connectivity index (χ4n) is 4.30. The third-order valence-corrected chi connectivity index (χ3v) is 6.51. The third-order valence-electron chi connectivity index (χ3n) is 6.17. The predicted octanol–water partition coefficient (Wildman–Crippen LogP) is 5.18. The Hall–Kier alpha value is -3.03. The van der Waals surface area contributed by atoms with E-state index in [1.54, 1.807) is 12.3 Å². The minimum atomic E-state index is -1.13. The minimum absolute atomic E-state index is 0.0416. The molecule has 1 aromatic heterocycles. The third kappa shape index (κ3) is 5.21. The van der Waals surface area contributed by atoms with Gasteiger partial charge in [0.05, 0.1) is 24.9 Å². The highest BCUT2D eigenvalue weighted by Crippen LogP contribution is 2.36. The molecule has 180 valence electrons. The van der Waals surface area contributed by atoms with E-state index >= 15 is 0 Å². The maximum Gasteiger partial charge on any atom is 0.312 e. The van der Waals surface area contributed by atoms with Crippen LogP contribution in [0, 0.1) is 5.92 Å². The number of H-pyrrole nitrogens is 1. The Labute approximate surface area is 204 Å². The summed E-state index contributed by atoms with van der Waals surface area (Å²) in [5, 5.41) is 11.9. The Bertz CT molecular complexity index is 1130. The molecule has 0 bridgehead atoms. The number of aromatic nitrogens is 2. The zero-order chi connectivity index (χ0) is 24.1. The number of imidazole rings is 1. The van der Waals surface area contributed by atoms with Crippen LogP contribution in [0.25, 0.3) is 0 Å². The molecule has 1 aliphatic rings. The van der Waals surface area contributed by atoms with Gasteiger partial charge in [-0.3, -0.25) is 4.79 Å². The molecule has 0 spiro atoms. The Kier molecular flexibility index (Phi) is 7.75. The van der Waals surface area contributed by atoms with Gasteiger partial charge in [0, 0.05) is 10.9 Å². The van der Waals surface area contributed by atoms with Crippen molar-refractivity contribution in [3.63, 3.8) is 0 Å². The molecular weight excluding hydrogens is 456 g/mol. The van der Waals surface area contributed by atoms with E-state index in [0.717, 1.165) is 30.4 Å². The first kappa shape index (κ1) is 24.1. The van der Waals surface area contributed by atoms with Crippen molar-refractivity contribution in [1.82, 2.24) is 9.97 Å². The molecule has 0 saturated heterocycles. The summed E-state index contributed by atoms with van der Waals surface area (Å²) in [5.74, 6) is 0.623. The molecule has 4 rings (SSSR count). The normalized spacial score (nSPS) is 15.1. The number of fused-ring (bicyclic) bond motifs is 1. The molecule has 8 heteroatoms. The van der Waals surface area contributed by atoms with Gasteiger partial charge in [-0.1, -0.05) is 55.6 Å². The van der Waals surface area contributed by atoms with Gasteiger partial charge in [0.1, 0.15) is 11.9 Å². The number of carbonyl (C=O) groups is 1. The topological polar surface area (TPSA) is 93.7 Å². The van der Waals surface area contributed by atoms with E-state index in [9.17, 15) is 9.90 Å². The lowest BCUT2D eigenvalue weighted by atomic mass is 9.91. The monoisotopic (exact) mass is 484 g/mol. The van der Waals surface area contributed by atoms with Gasteiger partial charge >= 0.3 is 5.97 Å². The van der Waals surface area contributed by atoms with Gasteiger partial charge in [0.2, 0.25) is 6.79 Å². The molecule has 7 nitrogen and oxygen atoms in total. The van der Waals surface area contributed by atoms with E-state index < -0.39 is 18.0 Å². The number of esters is 1. The molecule has 2 N–H and O–H groups in total. The Balaban J connectivity index is 1.59. The summed E-state index contributed by atoms with van der Waals surface area (Å²) in [6, 6.07) is 13.2. The highest BCUT2D eigenvalue weighted by atomic mass is 35.5. The number of hydrogen-bond donors (Lipinski definition) is 2. The fourth-order valence-corrected chi connectivity index (χ4v) is 4.57. The van der Waals surface area contributed by atoms with E-state index in [1.165, 1.54) is 7.11 Å². The van der Waals surface area contributed by atoms with Crippen molar-refractivity contribution in [2.45, 2.75) is 44.6 Å². The van der Waals surface area contributed by atoms with Crippen LogP contribution in [0.2, 0.25) is 5.02 Å². The maximum absolute atomic E-state index is 12.6. The van der Waals surface area contributed by atoms with Crippen LogP contribution in [0.3, 0.4) is 0 Å². The van der Waals surface area contributed by atoms with Crippen molar-refractivity contribution in [2.24, 2.45) is 5.92 Å². The molecule has 2 heterocycles. The summed E-state index contributed by atoms with van der Waals surface area (Å²) in [7, 11) is 1.32. The highest BCUT2D eigenvalue weighted by Gasteiger charge is 2.32. The fraction of sp³-hybridized carbons (Fsp3) is 0.385. The van der Waals surface area contributed by atoms with E-state index in [0.29, 0.717) is 28.0 Å². The molecule has 1 aliphatic heterocycles. The molecule has 0 amide bonds. The number of rotatable bonds is 10. The van der Waals surface area contributed by atoms with Gasteiger partial charge in [0.15, 0.2) is 11.5 Å². The number of unbranched alkanes of at least 4 members (excludes halogenated alkanes) is 1. The number of ether oxygens (including phenoxy) is 3. The van der Waals surface area contributed by atoms with Crippen LogP contribution in [-0.2, 0) is 16.0 Å². The summed E-state index contributed by atoms with van der Waals surface area (Å²) in [4.78, 5) is 20.5. The van der Waals surface area contributed by atoms with Gasteiger partial charge in [-0.2, -0.15) is 0 Å².